The summed E-state index contributed by atoms with van der Waals surface area (Å²) in [5, 5.41) is 18.3. The third-order valence-electron chi connectivity index (χ3n) is 3.76. The van der Waals surface area contributed by atoms with Crippen LogP contribution in [0.2, 0.25) is 12.1 Å². The maximum Gasteiger partial charge on any atom is 0.303 e. The molecule has 103 valence electrons. The van der Waals surface area contributed by atoms with Crippen molar-refractivity contribution in [3.63, 3.8) is 0 Å². The van der Waals surface area contributed by atoms with Crippen molar-refractivity contribution in [2.24, 2.45) is 5.92 Å². The van der Waals surface area contributed by atoms with Gasteiger partial charge in [0, 0.05) is 19.4 Å². The Bertz CT molecular complexity index is 247. The van der Waals surface area contributed by atoms with Crippen molar-refractivity contribution in [3.05, 3.63) is 0 Å². The number of hydrogen-bond donors (Lipinski definition) is 2. The zero-order valence-corrected chi connectivity index (χ0v) is 11.2. The Morgan fingerprint density at radius 2 is 2.06 bits per heavy atom. The molecular weight excluding hydrogens is 231 g/mol. The van der Waals surface area contributed by atoms with Crippen LogP contribution in [0, 0.1) is 5.92 Å². The largest absolute Gasteiger partial charge is 0.481 e. The van der Waals surface area contributed by atoms with Crippen LogP contribution in [-0.2, 0) is 9.53 Å². The highest BCUT2D eigenvalue weighted by Crippen LogP contribution is 2.36. The van der Waals surface area contributed by atoms with E-state index in [0.717, 1.165) is 38.4 Å². The van der Waals surface area contributed by atoms with Crippen molar-refractivity contribution >= 4 is 13.2 Å². The summed E-state index contributed by atoms with van der Waals surface area (Å²) < 4.78 is 5.15. The summed E-state index contributed by atoms with van der Waals surface area (Å²) in [6.07, 6.45) is 5.82. The lowest BCUT2D eigenvalue weighted by molar-refractivity contribution is -0.137. The molecule has 0 saturated carbocycles. The first-order chi connectivity index (χ1) is 8.65. The molecule has 1 rings (SSSR count). The minimum Gasteiger partial charge on any atom is -0.481 e. The lowest BCUT2D eigenvalue weighted by atomic mass is 9.63. The molecule has 1 saturated heterocycles. The van der Waals surface area contributed by atoms with Gasteiger partial charge in [-0.05, 0) is 6.42 Å². The Morgan fingerprint density at radius 3 is 2.72 bits per heavy atom. The van der Waals surface area contributed by atoms with Gasteiger partial charge in [-0.15, -0.1) is 0 Å². The van der Waals surface area contributed by atoms with Gasteiger partial charge in [-0.3, -0.25) is 4.79 Å². The van der Waals surface area contributed by atoms with Crippen LogP contribution in [0.15, 0.2) is 0 Å². The zero-order valence-electron chi connectivity index (χ0n) is 11.2. The fourth-order valence-electron chi connectivity index (χ4n) is 2.72. The Hall–Kier alpha value is -0.545. The third-order valence-corrected chi connectivity index (χ3v) is 3.76. The molecule has 5 heteroatoms. The maximum absolute atomic E-state index is 10.3. The number of hydrogen-bond acceptors (Lipinski definition) is 3. The van der Waals surface area contributed by atoms with Crippen LogP contribution in [0.5, 0.6) is 0 Å². The van der Waals surface area contributed by atoms with Crippen LogP contribution in [0.3, 0.4) is 0 Å². The molecule has 0 unspecified atom stereocenters. The zero-order chi connectivity index (χ0) is 13.4. The molecule has 0 aliphatic carbocycles. The Balaban J connectivity index is 2.09. The van der Waals surface area contributed by atoms with Crippen LogP contribution in [0.4, 0.5) is 0 Å². The van der Waals surface area contributed by atoms with Crippen LogP contribution in [0.25, 0.3) is 0 Å². The smallest absolute Gasteiger partial charge is 0.303 e. The molecule has 1 aliphatic heterocycles. The van der Waals surface area contributed by atoms with Crippen LogP contribution < -0.4 is 0 Å². The SMILES string of the molecule is COC[C@H]1[C@H](O)C[B][C@@H]1CCCCCCC(=O)O. The van der Waals surface area contributed by atoms with Gasteiger partial charge in [0.05, 0.1) is 12.7 Å². The number of methoxy groups -OCH3 is 1. The fourth-order valence-corrected chi connectivity index (χ4v) is 2.72. The molecule has 18 heavy (non-hydrogen) atoms. The Labute approximate surface area is 110 Å². The number of carboxylic acid groups (broad SMARTS) is 1. The van der Waals surface area contributed by atoms with E-state index in [1.807, 2.05) is 0 Å². The van der Waals surface area contributed by atoms with E-state index in [0.29, 0.717) is 12.4 Å². The number of carbonyl (C=O) groups is 1. The van der Waals surface area contributed by atoms with Crippen molar-refractivity contribution in [2.45, 2.75) is 56.8 Å². The summed E-state index contributed by atoms with van der Waals surface area (Å²) in [5.41, 5.74) is 0. The first kappa shape index (κ1) is 15.5. The molecular formula is C13H24BO4. The lowest BCUT2D eigenvalue weighted by Gasteiger charge is -2.21. The summed E-state index contributed by atoms with van der Waals surface area (Å²) in [4.78, 5) is 10.3. The number of aliphatic hydroxyl groups is 1. The quantitative estimate of drug-likeness (QED) is 0.488. The average Bonchev–Trinajstić information content (AvgIpc) is 2.66. The fraction of sp³-hybridized carbons (Fsp3) is 0.923. The second-order valence-corrected chi connectivity index (χ2v) is 5.17. The number of ether oxygens (including phenoxy) is 1. The molecule has 0 aromatic carbocycles. The second-order valence-electron chi connectivity index (χ2n) is 5.17. The van der Waals surface area contributed by atoms with E-state index in [4.69, 9.17) is 9.84 Å². The van der Waals surface area contributed by atoms with Crippen LogP contribution in [-0.4, -0.2) is 43.3 Å². The van der Waals surface area contributed by atoms with Gasteiger partial charge in [-0.25, -0.2) is 0 Å². The van der Waals surface area contributed by atoms with Gasteiger partial charge in [-0.2, -0.15) is 0 Å². The summed E-state index contributed by atoms with van der Waals surface area (Å²) >= 11 is 0. The minimum atomic E-state index is -0.706. The molecule has 1 heterocycles. The molecule has 1 fully saturated rings. The van der Waals surface area contributed by atoms with Crippen molar-refractivity contribution in [1.82, 2.24) is 0 Å². The van der Waals surface area contributed by atoms with Crippen molar-refractivity contribution in [3.8, 4) is 0 Å². The van der Waals surface area contributed by atoms with Gasteiger partial charge in [0.25, 0.3) is 0 Å². The van der Waals surface area contributed by atoms with Gasteiger partial charge in [-0.1, -0.05) is 37.8 Å². The molecule has 0 bridgehead atoms. The van der Waals surface area contributed by atoms with Gasteiger partial charge >= 0.3 is 5.97 Å². The molecule has 4 nitrogen and oxygen atoms in total. The van der Waals surface area contributed by atoms with Gasteiger partial charge in [0.2, 0.25) is 0 Å². The first-order valence-corrected chi connectivity index (χ1v) is 6.87. The molecule has 0 spiro atoms. The summed E-state index contributed by atoms with van der Waals surface area (Å²) in [5.74, 6) is -0.00384. The summed E-state index contributed by atoms with van der Waals surface area (Å²) in [7, 11) is 3.89. The third kappa shape index (κ3) is 5.40. The van der Waals surface area contributed by atoms with E-state index in [2.05, 4.69) is 7.28 Å². The van der Waals surface area contributed by atoms with Crippen molar-refractivity contribution < 1.29 is 19.7 Å². The molecule has 0 aromatic rings. The van der Waals surface area contributed by atoms with E-state index < -0.39 is 5.97 Å². The van der Waals surface area contributed by atoms with E-state index in [9.17, 15) is 9.90 Å². The molecule has 3 atom stereocenters. The van der Waals surface area contributed by atoms with Crippen LogP contribution >= 0.6 is 0 Å². The number of aliphatic hydroxyl groups excluding tert-OH is 1. The van der Waals surface area contributed by atoms with Gasteiger partial charge in [0.1, 0.15) is 7.28 Å². The predicted octanol–water partition coefficient (Wildman–Crippen LogP) is 1.96. The van der Waals surface area contributed by atoms with E-state index in [1.54, 1.807) is 7.11 Å². The standard InChI is InChI=1S/C13H24BO4/c1-18-9-10-11(14-8-12(10)15)6-4-2-3-5-7-13(16)17/h10-12,15H,2-9H2,1H3,(H,16,17)/t10-,11-,12-/m1/s1. The van der Waals surface area contributed by atoms with Gasteiger partial charge in [0.15, 0.2) is 0 Å². The van der Waals surface area contributed by atoms with Gasteiger partial charge < -0.3 is 14.9 Å². The molecule has 0 amide bonds. The minimum absolute atomic E-state index is 0.244. The van der Waals surface area contributed by atoms with Crippen LogP contribution in [0.1, 0.15) is 38.5 Å². The Kier molecular flexibility index (Phi) is 7.36. The molecule has 1 aliphatic rings. The lowest BCUT2D eigenvalue weighted by Crippen LogP contribution is -2.21. The highest BCUT2D eigenvalue weighted by molar-refractivity contribution is 6.39. The highest BCUT2D eigenvalue weighted by atomic mass is 16.5. The van der Waals surface area contributed by atoms with Crippen molar-refractivity contribution in [2.75, 3.05) is 13.7 Å². The topological polar surface area (TPSA) is 66.8 Å². The number of aliphatic carboxylic acids is 1. The van der Waals surface area contributed by atoms with E-state index in [1.165, 1.54) is 0 Å². The number of rotatable bonds is 9. The van der Waals surface area contributed by atoms with E-state index in [-0.39, 0.29) is 18.4 Å². The summed E-state index contributed by atoms with van der Waals surface area (Å²) in [6, 6.07) is 0. The maximum atomic E-state index is 10.3. The highest BCUT2D eigenvalue weighted by Gasteiger charge is 2.34. The number of carboxylic acids is 1. The monoisotopic (exact) mass is 255 g/mol. The summed E-state index contributed by atoms with van der Waals surface area (Å²) in [6.45, 7) is 0.626. The number of unbranched alkanes of at least 4 members (excludes halogenated alkanes) is 3. The normalized spacial score (nSPS) is 27.1. The Morgan fingerprint density at radius 1 is 1.33 bits per heavy atom. The second kappa shape index (κ2) is 8.54. The average molecular weight is 255 g/mol. The molecule has 1 radical (unpaired) electrons. The predicted molar refractivity (Wildman–Crippen MR) is 71.0 cm³/mol. The van der Waals surface area contributed by atoms with E-state index >= 15 is 0 Å². The van der Waals surface area contributed by atoms with Crippen molar-refractivity contribution in [1.29, 1.82) is 0 Å². The molecule has 2 N–H and O–H groups in total. The first-order valence-electron chi connectivity index (χ1n) is 6.87. The molecule has 0 aromatic heterocycles.